The molecule has 3 aromatic carbocycles. The Morgan fingerprint density at radius 1 is 1.07 bits per heavy atom. The van der Waals surface area contributed by atoms with Crippen molar-refractivity contribution in [2.75, 3.05) is 12.4 Å². The maximum atomic E-state index is 11.2. The fourth-order valence-electron chi connectivity index (χ4n) is 3.12. The number of ether oxygens (including phenoxy) is 2. The molecule has 3 rings (SSSR count). The molecule has 5 nitrogen and oxygen atoms in total. The number of carboxylic acid groups (broad SMARTS) is 1. The van der Waals surface area contributed by atoms with Gasteiger partial charge in [0.15, 0.2) is 11.5 Å². The molecule has 0 aromatic heterocycles. The van der Waals surface area contributed by atoms with Gasteiger partial charge in [-0.2, -0.15) is 0 Å². The number of halogens is 1. The average molecular weight is 426 g/mol. The molecule has 156 valence electrons. The van der Waals surface area contributed by atoms with Gasteiger partial charge in [0.2, 0.25) is 0 Å². The maximum Gasteiger partial charge on any atom is 0.335 e. The molecule has 0 aliphatic heterocycles. The highest BCUT2D eigenvalue weighted by molar-refractivity contribution is 6.32. The number of rotatable bonds is 8. The summed E-state index contributed by atoms with van der Waals surface area (Å²) < 4.78 is 11.4. The summed E-state index contributed by atoms with van der Waals surface area (Å²) in [7, 11) is 1.57. The van der Waals surface area contributed by atoms with E-state index >= 15 is 0 Å². The molecule has 0 aliphatic carbocycles. The lowest BCUT2D eigenvalue weighted by atomic mass is 10.1. The fourth-order valence-corrected chi connectivity index (χ4v) is 3.40. The molecule has 0 saturated carbocycles. The molecule has 0 atom stereocenters. The number of carbonyl (C=O) groups is 1. The average Bonchev–Trinajstić information content (AvgIpc) is 2.71. The lowest BCUT2D eigenvalue weighted by Crippen LogP contribution is -2.05. The van der Waals surface area contributed by atoms with Gasteiger partial charge in [0, 0.05) is 12.2 Å². The molecule has 6 heteroatoms. The third kappa shape index (κ3) is 5.24. The summed E-state index contributed by atoms with van der Waals surface area (Å²) in [4.78, 5) is 11.2. The van der Waals surface area contributed by atoms with Gasteiger partial charge in [-0.3, -0.25) is 0 Å². The molecule has 0 saturated heterocycles. The number of methoxy groups -OCH3 is 1. The van der Waals surface area contributed by atoms with Crippen molar-refractivity contribution in [3.8, 4) is 11.5 Å². The van der Waals surface area contributed by atoms with Crippen LogP contribution in [0.1, 0.15) is 32.6 Å². The highest BCUT2D eigenvalue weighted by Gasteiger charge is 2.13. The monoisotopic (exact) mass is 425 g/mol. The molecule has 0 fully saturated rings. The molecule has 30 heavy (non-hydrogen) atoms. The first-order valence-corrected chi connectivity index (χ1v) is 9.87. The second-order valence-corrected chi connectivity index (χ2v) is 7.48. The Morgan fingerprint density at radius 2 is 1.87 bits per heavy atom. The van der Waals surface area contributed by atoms with Crippen LogP contribution in [0.3, 0.4) is 0 Å². The van der Waals surface area contributed by atoms with Crippen LogP contribution in [0.5, 0.6) is 11.5 Å². The Labute approximate surface area is 181 Å². The van der Waals surface area contributed by atoms with Crippen LogP contribution in [0.2, 0.25) is 5.02 Å². The van der Waals surface area contributed by atoms with Crippen LogP contribution in [-0.2, 0) is 13.2 Å². The van der Waals surface area contributed by atoms with E-state index in [-0.39, 0.29) is 5.56 Å². The Balaban J connectivity index is 1.75. The molecule has 0 radical (unpaired) electrons. The lowest BCUT2D eigenvalue weighted by molar-refractivity contribution is 0.0697. The number of anilines is 1. The second-order valence-electron chi connectivity index (χ2n) is 7.08. The number of aromatic carboxylic acids is 1. The van der Waals surface area contributed by atoms with Crippen molar-refractivity contribution < 1.29 is 19.4 Å². The third-order valence-corrected chi connectivity index (χ3v) is 5.00. The molecule has 0 unspecified atom stereocenters. The minimum atomic E-state index is -0.960. The van der Waals surface area contributed by atoms with E-state index in [4.69, 9.17) is 21.1 Å². The van der Waals surface area contributed by atoms with Crippen LogP contribution in [0.15, 0.2) is 54.6 Å². The van der Waals surface area contributed by atoms with Gasteiger partial charge in [-0.15, -0.1) is 0 Å². The molecule has 0 spiro atoms. The quantitative estimate of drug-likeness (QED) is 0.473. The van der Waals surface area contributed by atoms with Gasteiger partial charge in [-0.25, -0.2) is 4.79 Å². The van der Waals surface area contributed by atoms with Gasteiger partial charge in [-0.05, 0) is 54.8 Å². The SMILES string of the molecule is COc1cc(CNc2cc(C(=O)O)ccc2C)cc(Cl)c1OCc1cccc(C)c1. The van der Waals surface area contributed by atoms with Gasteiger partial charge in [0.05, 0.1) is 17.7 Å². The van der Waals surface area contributed by atoms with Crippen molar-refractivity contribution in [2.24, 2.45) is 0 Å². The lowest BCUT2D eigenvalue weighted by Gasteiger charge is -2.16. The predicted octanol–water partition coefficient (Wildman–Crippen LogP) is 5.85. The smallest absolute Gasteiger partial charge is 0.335 e. The molecular weight excluding hydrogens is 402 g/mol. The van der Waals surface area contributed by atoms with E-state index in [1.165, 1.54) is 0 Å². The Morgan fingerprint density at radius 3 is 2.57 bits per heavy atom. The molecule has 2 N–H and O–H groups in total. The third-order valence-electron chi connectivity index (χ3n) is 4.72. The molecule has 0 bridgehead atoms. The summed E-state index contributed by atoms with van der Waals surface area (Å²) >= 11 is 6.48. The van der Waals surface area contributed by atoms with Crippen LogP contribution in [-0.4, -0.2) is 18.2 Å². The van der Waals surface area contributed by atoms with Crippen LogP contribution >= 0.6 is 11.6 Å². The Bertz CT molecular complexity index is 1070. The summed E-state index contributed by atoms with van der Waals surface area (Å²) in [6.07, 6.45) is 0. The van der Waals surface area contributed by atoms with Crippen molar-refractivity contribution in [3.05, 3.63) is 87.4 Å². The number of nitrogens with one attached hydrogen (secondary N) is 1. The van der Waals surface area contributed by atoms with E-state index in [2.05, 4.69) is 11.4 Å². The number of carboxylic acids is 1. The summed E-state index contributed by atoms with van der Waals surface area (Å²) in [6.45, 7) is 4.80. The first-order chi connectivity index (χ1) is 14.4. The standard InChI is InChI=1S/C24H24ClNO4/c1-15-5-4-6-17(9-15)14-30-23-20(25)10-18(11-22(23)29-3)13-26-21-12-19(24(27)28)8-7-16(21)2/h4-12,26H,13-14H2,1-3H3,(H,27,28). The molecule has 0 heterocycles. The second kappa shape index (κ2) is 9.55. The number of benzene rings is 3. The van der Waals surface area contributed by atoms with Gasteiger partial charge in [0.1, 0.15) is 6.61 Å². The van der Waals surface area contributed by atoms with Gasteiger partial charge in [-0.1, -0.05) is 47.5 Å². The van der Waals surface area contributed by atoms with E-state index < -0.39 is 5.97 Å². The van der Waals surface area contributed by atoms with Gasteiger partial charge < -0.3 is 19.9 Å². The normalized spacial score (nSPS) is 10.5. The van der Waals surface area contributed by atoms with Crippen molar-refractivity contribution in [1.82, 2.24) is 0 Å². The summed E-state index contributed by atoms with van der Waals surface area (Å²) in [5.74, 6) is 0.0781. The maximum absolute atomic E-state index is 11.2. The van der Waals surface area contributed by atoms with E-state index in [0.29, 0.717) is 29.7 Å². The Kier molecular flexibility index (Phi) is 6.85. The highest BCUT2D eigenvalue weighted by Crippen LogP contribution is 2.37. The fraction of sp³-hybridized carbons (Fsp3) is 0.208. The van der Waals surface area contributed by atoms with E-state index in [9.17, 15) is 9.90 Å². The minimum Gasteiger partial charge on any atom is -0.493 e. The molecule has 3 aromatic rings. The van der Waals surface area contributed by atoms with E-state index in [1.54, 1.807) is 25.3 Å². The van der Waals surface area contributed by atoms with Gasteiger partial charge >= 0.3 is 5.97 Å². The van der Waals surface area contributed by atoms with Crippen molar-refractivity contribution in [1.29, 1.82) is 0 Å². The zero-order chi connectivity index (χ0) is 21.7. The summed E-state index contributed by atoms with van der Waals surface area (Å²) in [5, 5.41) is 12.9. The van der Waals surface area contributed by atoms with Crippen LogP contribution in [0.25, 0.3) is 0 Å². The van der Waals surface area contributed by atoms with E-state index in [0.717, 1.165) is 27.9 Å². The van der Waals surface area contributed by atoms with Crippen molar-refractivity contribution in [2.45, 2.75) is 27.0 Å². The zero-order valence-electron chi connectivity index (χ0n) is 17.2. The first-order valence-electron chi connectivity index (χ1n) is 9.50. The summed E-state index contributed by atoms with van der Waals surface area (Å²) in [5.41, 5.74) is 5.05. The van der Waals surface area contributed by atoms with Crippen molar-refractivity contribution in [3.63, 3.8) is 0 Å². The minimum absolute atomic E-state index is 0.235. The highest BCUT2D eigenvalue weighted by atomic mass is 35.5. The van der Waals surface area contributed by atoms with Gasteiger partial charge in [0.25, 0.3) is 0 Å². The van der Waals surface area contributed by atoms with Crippen molar-refractivity contribution >= 4 is 23.3 Å². The topological polar surface area (TPSA) is 67.8 Å². The number of hydrogen-bond acceptors (Lipinski definition) is 4. The summed E-state index contributed by atoms with van der Waals surface area (Å²) in [6, 6.07) is 16.8. The first kappa shape index (κ1) is 21.5. The zero-order valence-corrected chi connectivity index (χ0v) is 17.9. The van der Waals surface area contributed by atoms with Crippen LogP contribution in [0.4, 0.5) is 5.69 Å². The van der Waals surface area contributed by atoms with Crippen LogP contribution in [0, 0.1) is 13.8 Å². The number of aryl methyl sites for hydroxylation is 2. The Hall–Kier alpha value is -3.18. The largest absolute Gasteiger partial charge is 0.493 e. The molecular formula is C24H24ClNO4. The van der Waals surface area contributed by atoms with E-state index in [1.807, 2.05) is 44.2 Å². The molecule has 0 aliphatic rings. The number of hydrogen-bond donors (Lipinski definition) is 2. The predicted molar refractivity (Wildman–Crippen MR) is 119 cm³/mol. The van der Waals surface area contributed by atoms with Crippen LogP contribution < -0.4 is 14.8 Å². The molecule has 0 amide bonds.